The molecule has 8 heteroatoms. The standard InChI is InChI=1S/C19H21N3O5/c1-25-16-10-20-11-17(21-16)27-13-6-5-9-22(12-13)18(23)14-7-3-4-8-15(14)19(24)26-2/h3-4,7-8,10-11,13H,5-6,9,12H2,1-2H3. The largest absolute Gasteiger partial charge is 0.480 e. The maximum absolute atomic E-state index is 13.0. The number of rotatable bonds is 5. The van der Waals surface area contributed by atoms with Gasteiger partial charge >= 0.3 is 5.97 Å². The molecule has 0 aliphatic carbocycles. The van der Waals surface area contributed by atoms with Crippen LogP contribution in [0.25, 0.3) is 0 Å². The van der Waals surface area contributed by atoms with Crippen molar-refractivity contribution in [2.75, 3.05) is 27.3 Å². The molecule has 0 saturated carbocycles. The first kappa shape index (κ1) is 18.6. The Balaban J connectivity index is 1.72. The average Bonchev–Trinajstić information content (AvgIpc) is 2.73. The summed E-state index contributed by atoms with van der Waals surface area (Å²) in [6.45, 7) is 0.991. The molecule has 2 aromatic rings. The van der Waals surface area contributed by atoms with Crippen molar-refractivity contribution in [3.63, 3.8) is 0 Å². The van der Waals surface area contributed by atoms with E-state index >= 15 is 0 Å². The monoisotopic (exact) mass is 371 g/mol. The summed E-state index contributed by atoms with van der Waals surface area (Å²) in [5.41, 5.74) is 0.581. The van der Waals surface area contributed by atoms with Crippen LogP contribution < -0.4 is 9.47 Å². The average molecular weight is 371 g/mol. The van der Waals surface area contributed by atoms with Gasteiger partial charge < -0.3 is 19.1 Å². The van der Waals surface area contributed by atoms with E-state index in [-0.39, 0.29) is 17.6 Å². The Morgan fingerprint density at radius 1 is 1.11 bits per heavy atom. The number of methoxy groups -OCH3 is 2. The third-order valence-corrected chi connectivity index (χ3v) is 4.32. The minimum atomic E-state index is -0.532. The van der Waals surface area contributed by atoms with Gasteiger partial charge in [0.15, 0.2) is 0 Å². The van der Waals surface area contributed by atoms with Crippen LogP contribution in [0.1, 0.15) is 33.6 Å². The first-order chi connectivity index (χ1) is 13.1. The van der Waals surface area contributed by atoms with Crippen LogP contribution in [-0.2, 0) is 4.74 Å². The van der Waals surface area contributed by atoms with Gasteiger partial charge in [0.05, 0.1) is 44.3 Å². The number of hydrogen-bond acceptors (Lipinski definition) is 7. The molecule has 3 rings (SSSR count). The molecule has 1 amide bonds. The minimum absolute atomic E-state index is 0.214. The van der Waals surface area contributed by atoms with Crippen molar-refractivity contribution in [2.24, 2.45) is 0 Å². The number of amides is 1. The topological polar surface area (TPSA) is 90.9 Å². The van der Waals surface area contributed by atoms with Gasteiger partial charge in [-0.05, 0) is 25.0 Å². The van der Waals surface area contributed by atoms with Gasteiger partial charge in [-0.2, -0.15) is 4.98 Å². The van der Waals surface area contributed by atoms with Gasteiger partial charge in [-0.1, -0.05) is 12.1 Å². The lowest BCUT2D eigenvalue weighted by molar-refractivity contribution is 0.0510. The second kappa shape index (κ2) is 8.48. The third-order valence-electron chi connectivity index (χ3n) is 4.32. The van der Waals surface area contributed by atoms with E-state index in [1.54, 1.807) is 29.2 Å². The molecule has 27 heavy (non-hydrogen) atoms. The van der Waals surface area contributed by atoms with Crippen LogP contribution in [0.15, 0.2) is 36.7 Å². The Labute approximate surface area is 157 Å². The highest BCUT2D eigenvalue weighted by Gasteiger charge is 2.28. The molecule has 1 aliphatic heterocycles. The molecular formula is C19H21N3O5. The van der Waals surface area contributed by atoms with E-state index in [9.17, 15) is 9.59 Å². The molecule has 0 N–H and O–H groups in total. The smallest absolute Gasteiger partial charge is 0.338 e. The van der Waals surface area contributed by atoms with Crippen molar-refractivity contribution in [1.82, 2.24) is 14.9 Å². The highest BCUT2D eigenvalue weighted by molar-refractivity contribution is 6.05. The lowest BCUT2D eigenvalue weighted by Gasteiger charge is -2.33. The van der Waals surface area contributed by atoms with E-state index in [0.717, 1.165) is 12.8 Å². The van der Waals surface area contributed by atoms with E-state index in [4.69, 9.17) is 14.2 Å². The Morgan fingerprint density at radius 3 is 2.59 bits per heavy atom. The lowest BCUT2D eigenvalue weighted by Crippen LogP contribution is -2.44. The fourth-order valence-corrected chi connectivity index (χ4v) is 3.00. The summed E-state index contributed by atoms with van der Waals surface area (Å²) in [5, 5.41) is 0. The Kier molecular flexibility index (Phi) is 5.85. The predicted octanol–water partition coefficient (Wildman–Crippen LogP) is 1.96. The van der Waals surface area contributed by atoms with Crippen LogP contribution in [-0.4, -0.2) is 60.2 Å². The summed E-state index contributed by atoms with van der Waals surface area (Å²) in [6.07, 6.45) is 4.37. The maximum Gasteiger partial charge on any atom is 0.338 e. The number of hydrogen-bond donors (Lipinski definition) is 0. The number of carbonyl (C=O) groups excluding carboxylic acids is 2. The van der Waals surface area contributed by atoms with Crippen LogP contribution in [0.2, 0.25) is 0 Å². The molecule has 0 bridgehead atoms. The van der Waals surface area contributed by atoms with Crippen molar-refractivity contribution in [1.29, 1.82) is 0 Å². The molecule has 1 aromatic heterocycles. The van der Waals surface area contributed by atoms with Crippen molar-refractivity contribution in [3.8, 4) is 11.8 Å². The highest BCUT2D eigenvalue weighted by Crippen LogP contribution is 2.21. The van der Waals surface area contributed by atoms with Gasteiger partial charge in [0.25, 0.3) is 5.91 Å². The zero-order chi connectivity index (χ0) is 19.2. The lowest BCUT2D eigenvalue weighted by atomic mass is 10.0. The van der Waals surface area contributed by atoms with Crippen LogP contribution in [0.3, 0.4) is 0 Å². The van der Waals surface area contributed by atoms with E-state index in [0.29, 0.717) is 30.4 Å². The molecule has 1 saturated heterocycles. The zero-order valence-corrected chi connectivity index (χ0v) is 15.3. The van der Waals surface area contributed by atoms with Crippen molar-refractivity contribution in [2.45, 2.75) is 18.9 Å². The number of nitrogens with zero attached hydrogens (tertiary/aromatic N) is 3. The number of likely N-dealkylation sites (tertiary alicyclic amines) is 1. The van der Waals surface area contributed by atoms with E-state index in [1.807, 2.05) is 0 Å². The van der Waals surface area contributed by atoms with Gasteiger partial charge in [-0.3, -0.25) is 9.78 Å². The number of esters is 1. The van der Waals surface area contributed by atoms with Gasteiger partial charge in [-0.15, -0.1) is 0 Å². The van der Waals surface area contributed by atoms with E-state index in [1.165, 1.54) is 26.6 Å². The molecule has 1 fully saturated rings. The van der Waals surface area contributed by atoms with Gasteiger partial charge in [0, 0.05) is 6.54 Å². The first-order valence-corrected chi connectivity index (χ1v) is 8.61. The summed E-state index contributed by atoms with van der Waals surface area (Å²) in [5.74, 6) is -0.0386. The van der Waals surface area contributed by atoms with Gasteiger partial charge in [0.2, 0.25) is 11.8 Å². The first-order valence-electron chi connectivity index (χ1n) is 8.61. The normalized spacial score (nSPS) is 16.5. The third kappa shape index (κ3) is 4.33. The van der Waals surface area contributed by atoms with Gasteiger partial charge in [0.1, 0.15) is 6.10 Å². The number of ether oxygens (including phenoxy) is 3. The Bertz CT molecular complexity index is 826. The van der Waals surface area contributed by atoms with Crippen LogP contribution in [0, 0.1) is 0 Å². The maximum atomic E-state index is 13.0. The van der Waals surface area contributed by atoms with Crippen LogP contribution in [0.5, 0.6) is 11.8 Å². The van der Waals surface area contributed by atoms with Crippen molar-refractivity contribution >= 4 is 11.9 Å². The van der Waals surface area contributed by atoms with Crippen LogP contribution in [0.4, 0.5) is 0 Å². The Hall–Kier alpha value is -3.16. The summed E-state index contributed by atoms with van der Waals surface area (Å²) >= 11 is 0. The highest BCUT2D eigenvalue weighted by atomic mass is 16.5. The van der Waals surface area contributed by atoms with Crippen LogP contribution >= 0.6 is 0 Å². The molecule has 1 atom stereocenters. The van der Waals surface area contributed by atoms with Crippen molar-refractivity contribution in [3.05, 3.63) is 47.8 Å². The molecule has 8 nitrogen and oxygen atoms in total. The number of aromatic nitrogens is 2. The summed E-state index contributed by atoms with van der Waals surface area (Å²) in [4.78, 5) is 34.8. The minimum Gasteiger partial charge on any atom is -0.480 e. The number of piperidine rings is 1. The SMILES string of the molecule is COC(=O)c1ccccc1C(=O)N1CCCC(Oc2cncc(OC)n2)C1. The summed E-state index contributed by atoms with van der Waals surface area (Å²) in [6, 6.07) is 6.64. The summed E-state index contributed by atoms with van der Waals surface area (Å²) in [7, 11) is 2.80. The number of benzene rings is 1. The molecule has 1 unspecified atom stereocenters. The molecule has 1 aromatic carbocycles. The fraction of sp³-hybridized carbons (Fsp3) is 0.368. The summed E-state index contributed by atoms with van der Waals surface area (Å²) < 4.78 is 15.7. The van der Waals surface area contributed by atoms with E-state index < -0.39 is 5.97 Å². The fourth-order valence-electron chi connectivity index (χ4n) is 3.00. The molecule has 0 spiro atoms. The predicted molar refractivity (Wildman–Crippen MR) is 95.9 cm³/mol. The molecule has 2 heterocycles. The number of carbonyl (C=O) groups is 2. The van der Waals surface area contributed by atoms with Gasteiger partial charge in [-0.25, -0.2) is 4.79 Å². The molecule has 0 radical (unpaired) electrons. The Morgan fingerprint density at radius 2 is 1.85 bits per heavy atom. The second-order valence-electron chi connectivity index (χ2n) is 6.07. The molecule has 142 valence electrons. The molecular weight excluding hydrogens is 350 g/mol. The van der Waals surface area contributed by atoms with E-state index in [2.05, 4.69) is 9.97 Å². The quantitative estimate of drug-likeness (QED) is 0.742. The van der Waals surface area contributed by atoms with Crippen molar-refractivity contribution < 1.29 is 23.8 Å². The molecule has 1 aliphatic rings. The zero-order valence-electron chi connectivity index (χ0n) is 15.3. The second-order valence-corrected chi connectivity index (χ2v) is 6.07.